The Bertz CT molecular complexity index is 906. The Morgan fingerprint density at radius 2 is 1.69 bits per heavy atom. The molecule has 6 heteroatoms. The number of hydrogen-bond donors (Lipinski definition) is 1. The normalized spacial score (nSPS) is 17.9. The lowest BCUT2D eigenvalue weighted by molar-refractivity contribution is 0.0812. The first-order valence-electron chi connectivity index (χ1n) is 10.1. The van der Waals surface area contributed by atoms with Gasteiger partial charge in [-0.05, 0) is 35.2 Å². The van der Waals surface area contributed by atoms with Gasteiger partial charge in [-0.1, -0.05) is 36.4 Å². The number of fused-ring (bicyclic) bond motifs is 1. The smallest absolute Gasteiger partial charge is 0.320 e. The summed E-state index contributed by atoms with van der Waals surface area (Å²) in [5.74, 6) is 0. The maximum atomic E-state index is 12.7. The number of rotatable bonds is 6. The van der Waals surface area contributed by atoms with Crippen molar-refractivity contribution in [3.8, 4) is 6.07 Å². The van der Waals surface area contributed by atoms with Gasteiger partial charge in [0.05, 0.1) is 17.7 Å². The van der Waals surface area contributed by atoms with Gasteiger partial charge in [-0.3, -0.25) is 4.90 Å². The number of nitriles is 1. The van der Waals surface area contributed by atoms with E-state index >= 15 is 0 Å². The van der Waals surface area contributed by atoms with Gasteiger partial charge in [-0.25, -0.2) is 4.79 Å². The molecular formula is C23H26N4O2. The number of benzene rings is 2. The van der Waals surface area contributed by atoms with Crippen LogP contribution < -0.4 is 0 Å². The SMILES string of the molecule is N#Cc1ccc(CN2CCN(C[C@H](O)CN3CCc4ccccc4C3)C2=O)cc1. The molecule has 1 N–H and O–H groups in total. The molecular weight excluding hydrogens is 364 g/mol. The fourth-order valence-corrected chi connectivity index (χ4v) is 4.17. The first-order valence-corrected chi connectivity index (χ1v) is 10.1. The summed E-state index contributed by atoms with van der Waals surface area (Å²) in [5.41, 5.74) is 4.35. The van der Waals surface area contributed by atoms with Gasteiger partial charge in [0.15, 0.2) is 0 Å². The number of β-amino-alcohol motifs (C(OH)–C–C–N with tert-alkyl or cyclic N) is 1. The Hall–Kier alpha value is -2.88. The molecule has 29 heavy (non-hydrogen) atoms. The lowest BCUT2D eigenvalue weighted by Crippen LogP contribution is -2.43. The molecule has 2 amide bonds. The van der Waals surface area contributed by atoms with E-state index in [2.05, 4.69) is 35.2 Å². The van der Waals surface area contributed by atoms with Crippen LogP contribution in [0.4, 0.5) is 4.79 Å². The molecule has 0 saturated carbocycles. The third kappa shape index (κ3) is 4.58. The van der Waals surface area contributed by atoms with E-state index in [1.165, 1.54) is 11.1 Å². The van der Waals surface area contributed by atoms with Crippen molar-refractivity contribution in [2.45, 2.75) is 25.6 Å². The number of amides is 2. The third-order valence-electron chi connectivity index (χ3n) is 5.75. The summed E-state index contributed by atoms with van der Waals surface area (Å²) in [6.07, 6.45) is 0.447. The fraction of sp³-hybridized carbons (Fsp3) is 0.391. The van der Waals surface area contributed by atoms with Crippen molar-refractivity contribution in [2.75, 3.05) is 32.7 Å². The average molecular weight is 390 g/mol. The number of hydrogen-bond acceptors (Lipinski definition) is 4. The molecule has 0 spiro atoms. The van der Waals surface area contributed by atoms with Crippen LogP contribution in [0, 0.1) is 11.3 Å². The molecule has 4 rings (SSSR count). The van der Waals surface area contributed by atoms with Gasteiger partial charge in [-0.15, -0.1) is 0 Å². The topological polar surface area (TPSA) is 70.8 Å². The standard InChI is InChI=1S/C23H26N4O2/c24-13-18-5-7-19(8-6-18)14-26-11-12-27(23(26)29)17-22(28)16-25-10-9-20-3-1-2-4-21(20)15-25/h1-8,22,28H,9-12,14-17H2/t22-/m1/s1. The minimum absolute atomic E-state index is 0.0302. The number of aliphatic hydroxyl groups excluding tert-OH is 1. The number of urea groups is 1. The molecule has 2 heterocycles. The van der Waals surface area contributed by atoms with Crippen LogP contribution in [0.25, 0.3) is 0 Å². The minimum atomic E-state index is -0.556. The summed E-state index contributed by atoms with van der Waals surface area (Å²) in [4.78, 5) is 18.5. The Labute approximate surface area is 171 Å². The molecule has 0 aromatic heterocycles. The molecule has 2 aliphatic heterocycles. The second kappa shape index (κ2) is 8.64. The van der Waals surface area contributed by atoms with E-state index in [4.69, 9.17) is 5.26 Å². The molecule has 0 radical (unpaired) electrons. The lowest BCUT2D eigenvalue weighted by Gasteiger charge is -2.31. The maximum absolute atomic E-state index is 12.7. The zero-order valence-corrected chi connectivity index (χ0v) is 16.5. The van der Waals surface area contributed by atoms with Crippen molar-refractivity contribution in [1.29, 1.82) is 5.26 Å². The summed E-state index contributed by atoms with van der Waals surface area (Å²) in [7, 11) is 0. The average Bonchev–Trinajstić information content (AvgIpc) is 3.07. The second-order valence-electron chi connectivity index (χ2n) is 7.87. The van der Waals surface area contributed by atoms with Crippen molar-refractivity contribution in [3.05, 3.63) is 70.8 Å². The van der Waals surface area contributed by atoms with E-state index in [1.807, 2.05) is 12.1 Å². The summed E-state index contributed by atoms with van der Waals surface area (Å²) >= 11 is 0. The van der Waals surface area contributed by atoms with E-state index in [0.717, 1.165) is 25.1 Å². The minimum Gasteiger partial charge on any atom is -0.390 e. The van der Waals surface area contributed by atoms with Gasteiger partial charge >= 0.3 is 6.03 Å². The van der Waals surface area contributed by atoms with E-state index in [0.29, 0.717) is 38.3 Å². The molecule has 1 atom stereocenters. The molecule has 6 nitrogen and oxygen atoms in total. The van der Waals surface area contributed by atoms with Crippen LogP contribution in [-0.2, 0) is 19.5 Å². The Morgan fingerprint density at radius 1 is 0.966 bits per heavy atom. The van der Waals surface area contributed by atoms with Gasteiger partial charge in [0, 0.05) is 45.8 Å². The van der Waals surface area contributed by atoms with Crippen molar-refractivity contribution in [3.63, 3.8) is 0 Å². The first-order chi connectivity index (χ1) is 14.1. The van der Waals surface area contributed by atoms with Crippen LogP contribution in [0.2, 0.25) is 0 Å². The number of carbonyl (C=O) groups is 1. The van der Waals surface area contributed by atoms with Crippen LogP contribution in [-0.4, -0.2) is 64.7 Å². The fourth-order valence-electron chi connectivity index (χ4n) is 4.17. The van der Waals surface area contributed by atoms with E-state index in [-0.39, 0.29) is 6.03 Å². The number of aliphatic hydroxyl groups is 1. The molecule has 150 valence electrons. The predicted octanol–water partition coefficient (Wildman–Crippen LogP) is 2.22. The van der Waals surface area contributed by atoms with Gasteiger partial charge in [0.2, 0.25) is 0 Å². The number of carbonyl (C=O) groups excluding carboxylic acids is 1. The summed E-state index contributed by atoms with van der Waals surface area (Å²) in [6.45, 7) is 4.55. The maximum Gasteiger partial charge on any atom is 0.320 e. The highest BCUT2D eigenvalue weighted by Crippen LogP contribution is 2.19. The van der Waals surface area contributed by atoms with Crippen LogP contribution in [0.1, 0.15) is 22.3 Å². The Kier molecular flexibility index (Phi) is 5.79. The van der Waals surface area contributed by atoms with Crippen LogP contribution >= 0.6 is 0 Å². The Balaban J connectivity index is 1.27. The van der Waals surface area contributed by atoms with Crippen molar-refractivity contribution in [2.24, 2.45) is 0 Å². The van der Waals surface area contributed by atoms with E-state index in [1.54, 1.807) is 21.9 Å². The molecule has 0 aliphatic carbocycles. The molecule has 1 saturated heterocycles. The molecule has 0 bridgehead atoms. The van der Waals surface area contributed by atoms with E-state index in [9.17, 15) is 9.90 Å². The molecule has 0 unspecified atom stereocenters. The molecule has 2 aromatic rings. The highest BCUT2D eigenvalue weighted by Gasteiger charge is 2.30. The van der Waals surface area contributed by atoms with Gasteiger partial charge in [0.1, 0.15) is 0 Å². The zero-order valence-electron chi connectivity index (χ0n) is 16.5. The lowest BCUT2D eigenvalue weighted by atomic mass is 10.00. The quantitative estimate of drug-likeness (QED) is 0.821. The first kappa shape index (κ1) is 19.4. The highest BCUT2D eigenvalue weighted by molar-refractivity contribution is 5.76. The third-order valence-corrected chi connectivity index (χ3v) is 5.75. The monoisotopic (exact) mass is 390 g/mol. The largest absolute Gasteiger partial charge is 0.390 e. The summed E-state index contributed by atoms with van der Waals surface area (Å²) in [6, 6.07) is 17.9. The van der Waals surface area contributed by atoms with Crippen molar-refractivity contribution in [1.82, 2.24) is 14.7 Å². The van der Waals surface area contributed by atoms with Gasteiger partial charge < -0.3 is 14.9 Å². The Morgan fingerprint density at radius 3 is 2.45 bits per heavy atom. The predicted molar refractivity (Wildman–Crippen MR) is 110 cm³/mol. The molecule has 2 aromatic carbocycles. The van der Waals surface area contributed by atoms with Crippen LogP contribution in [0.3, 0.4) is 0 Å². The second-order valence-corrected chi connectivity index (χ2v) is 7.87. The molecule has 2 aliphatic rings. The zero-order chi connectivity index (χ0) is 20.2. The van der Waals surface area contributed by atoms with E-state index < -0.39 is 6.10 Å². The van der Waals surface area contributed by atoms with Crippen molar-refractivity contribution >= 4 is 6.03 Å². The van der Waals surface area contributed by atoms with Gasteiger partial charge in [0.25, 0.3) is 0 Å². The van der Waals surface area contributed by atoms with Crippen LogP contribution in [0.5, 0.6) is 0 Å². The summed E-state index contributed by atoms with van der Waals surface area (Å²) in [5, 5.41) is 19.5. The van der Waals surface area contributed by atoms with Crippen molar-refractivity contribution < 1.29 is 9.90 Å². The van der Waals surface area contributed by atoms with Gasteiger partial charge in [-0.2, -0.15) is 5.26 Å². The number of nitrogens with zero attached hydrogens (tertiary/aromatic N) is 4. The van der Waals surface area contributed by atoms with Crippen LogP contribution in [0.15, 0.2) is 48.5 Å². The highest BCUT2D eigenvalue weighted by atomic mass is 16.3. The molecule has 1 fully saturated rings. The summed E-state index contributed by atoms with van der Waals surface area (Å²) < 4.78 is 0.